The van der Waals surface area contributed by atoms with Crippen LogP contribution < -0.4 is 14.9 Å². The highest BCUT2D eigenvalue weighted by atomic mass is 35.5. The van der Waals surface area contributed by atoms with Crippen LogP contribution in [0.2, 0.25) is 5.02 Å². The van der Waals surface area contributed by atoms with E-state index in [1.165, 1.54) is 34.5 Å². The van der Waals surface area contributed by atoms with E-state index in [2.05, 4.69) is 45.8 Å². The van der Waals surface area contributed by atoms with E-state index in [1.807, 2.05) is 54.6 Å². The molecule has 1 aliphatic carbocycles. The first-order valence-electron chi connectivity index (χ1n) is 18.2. The van der Waals surface area contributed by atoms with E-state index in [-0.39, 0.29) is 28.1 Å². The van der Waals surface area contributed by atoms with Crippen LogP contribution in [0.3, 0.4) is 0 Å². The number of hydrogen-bond acceptors (Lipinski definition) is 8. The van der Waals surface area contributed by atoms with Crippen molar-refractivity contribution in [1.82, 2.24) is 9.62 Å². The number of halogens is 4. The molecule has 1 saturated heterocycles. The maximum atomic E-state index is 13.7. The van der Waals surface area contributed by atoms with Gasteiger partial charge in [-0.25, -0.2) is 8.42 Å². The lowest BCUT2D eigenvalue weighted by molar-refractivity contribution is -0.0435. The molecule has 15 heteroatoms. The Morgan fingerprint density at radius 2 is 1.62 bits per heavy atom. The second-order valence-electron chi connectivity index (χ2n) is 14.6. The normalized spacial score (nSPS) is 17.1. The molecule has 0 aromatic heterocycles. The quantitative estimate of drug-likeness (QED) is 0.0781. The van der Waals surface area contributed by atoms with Crippen LogP contribution in [0.5, 0.6) is 0 Å². The van der Waals surface area contributed by atoms with E-state index in [0.717, 1.165) is 73.7 Å². The van der Waals surface area contributed by atoms with Crippen molar-refractivity contribution in [3.05, 3.63) is 119 Å². The Bertz CT molecular complexity index is 2130. The maximum absolute atomic E-state index is 13.7. The standard InChI is InChI=1S/C41H44ClF3N4O4S3/c1-40(2)19-18-36(29-8-12-32(42)13-9-29)31(27-40)28-48-21-23-49(24-22-48)33-14-10-30(11-15-33)39(50)47-55(51)35-16-17-37(38(26-35)56(52,53)41(43,44)45)46-20-25-54-34-6-4-3-5-7-34/h3-17,26,46H,18-25,27-28H2,1-2H3,(H,47,50). The van der Waals surface area contributed by atoms with E-state index < -0.39 is 37.5 Å². The monoisotopic (exact) mass is 844 g/mol. The van der Waals surface area contributed by atoms with Gasteiger partial charge in [-0.05, 0) is 96.5 Å². The number of benzene rings is 4. The van der Waals surface area contributed by atoms with Gasteiger partial charge in [-0.3, -0.25) is 9.69 Å². The number of alkyl halides is 3. The molecule has 56 heavy (non-hydrogen) atoms. The summed E-state index contributed by atoms with van der Waals surface area (Å²) < 4.78 is 81.6. The summed E-state index contributed by atoms with van der Waals surface area (Å²) in [5.74, 6) is -0.280. The Morgan fingerprint density at radius 1 is 0.946 bits per heavy atom. The Kier molecular flexibility index (Phi) is 13.4. The summed E-state index contributed by atoms with van der Waals surface area (Å²) in [7, 11) is -5.81. The smallest absolute Gasteiger partial charge is 0.501 e. The number of thioether (sulfide) groups is 1. The summed E-state index contributed by atoms with van der Waals surface area (Å²) in [4.78, 5) is 17.4. The number of piperazine rings is 1. The molecule has 6 rings (SSSR count). The van der Waals surface area contributed by atoms with Crippen molar-refractivity contribution in [3.63, 3.8) is 0 Å². The number of anilines is 2. The van der Waals surface area contributed by atoms with Gasteiger partial charge in [0.05, 0.1) is 5.69 Å². The van der Waals surface area contributed by atoms with Crippen molar-refractivity contribution in [2.45, 2.75) is 53.3 Å². The third-order valence-electron chi connectivity index (χ3n) is 10.0. The van der Waals surface area contributed by atoms with Crippen LogP contribution in [-0.2, 0) is 21.2 Å². The van der Waals surface area contributed by atoms with Crippen LogP contribution in [0.1, 0.15) is 49.0 Å². The highest BCUT2D eigenvalue weighted by Gasteiger charge is 2.48. The first-order valence-corrected chi connectivity index (χ1v) is 22.2. The number of hydrogen-bond donors (Lipinski definition) is 2. The third kappa shape index (κ3) is 10.4. The van der Waals surface area contributed by atoms with Crippen molar-refractivity contribution in [2.75, 3.05) is 55.2 Å². The molecule has 1 amide bonds. The second kappa shape index (κ2) is 17.9. The molecule has 1 heterocycles. The van der Waals surface area contributed by atoms with Gasteiger partial charge in [0.15, 0.2) is 4.90 Å². The second-order valence-corrected chi connectivity index (χ2v) is 19.4. The Hall–Kier alpha value is -3.66. The number of nitrogens with one attached hydrogen (secondary N) is 2. The number of carbonyl (C=O) groups excluding carboxylic acids is 1. The molecular formula is C41H44ClF3N4O4S3. The molecule has 2 N–H and O–H groups in total. The minimum atomic E-state index is -5.81. The third-order valence-corrected chi connectivity index (χ3v) is 13.9. The van der Waals surface area contributed by atoms with Gasteiger partial charge in [-0.2, -0.15) is 17.9 Å². The molecule has 298 valence electrons. The fraction of sp³-hybridized carbons (Fsp3) is 0.341. The zero-order valence-electron chi connectivity index (χ0n) is 31.1. The predicted octanol–water partition coefficient (Wildman–Crippen LogP) is 9.08. The van der Waals surface area contributed by atoms with E-state index >= 15 is 0 Å². The fourth-order valence-electron chi connectivity index (χ4n) is 7.01. The SMILES string of the molecule is CC1(C)CCC(c2ccc(Cl)cc2)=C(CN2CCN(c3ccc(C(=O)N[S+]([O-])c4ccc(NCCSc5ccccc5)c(S(=O)(=O)C(F)(F)F)c4)cc3)CC2)C1. The van der Waals surface area contributed by atoms with E-state index in [9.17, 15) is 30.9 Å². The molecule has 0 saturated carbocycles. The van der Waals surface area contributed by atoms with Crippen LogP contribution in [0.15, 0.2) is 117 Å². The van der Waals surface area contributed by atoms with Gasteiger partial charge >= 0.3 is 5.51 Å². The van der Waals surface area contributed by atoms with Crippen molar-refractivity contribution in [3.8, 4) is 0 Å². The van der Waals surface area contributed by atoms with Crippen LogP contribution in [0.25, 0.3) is 5.57 Å². The highest BCUT2D eigenvalue weighted by Crippen LogP contribution is 2.43. The van der Waals surface area contributed by atoms with Gasteiger partial charge in [0.2, 0.25) is 0 Å². The minimum absolute atomic E-state index is 0.160. The fourth-order valence-corrected chi connectivity index (χ4v) is 9.78. The molecule has 0 bridgehead atoms. The molecule has 8 nitrogen and oxygen atoms in total. The van der Waals surface area contributed by atoms with E-state index in [0.29, 0.717) is 11.8 Å². The average Bonchev–Trinajstić information content (AvgIpc) is 3.17. The van der Waals surface area contributed by atoms with Crippen molar-refractivity contribution in [2.24, 2.45) is 5.41 Å². The molecule has 0 spiro atoms. The minimum Gasteiger partial charge on any atom is -0.588 e. The number of carbonyl (C=O) groups is 1. The van der Waals surface area contributed by atoms with Crippen LogP contribution >= 0.6 is 23.4 Å². The van der Waals surface area contributed by atoms with E-state index in [4.69, 9.17) is 11.6 Å². The lowest BCUT2D eigenvalue weighted by Gasteiger charge is -2.39. The summed E-state index contributed by atoms with van der Waals surface area (Å²) >= 11 is 5.26. The van der Waals surface area contributed by atoms with Gasteiger partial charge in [-0.1, -0.05) is 61.4 Å². The molecule has 1 fully saturated rings. The van der Waals surface area contributed by atoms with Crippen molar-refractivity contribution < 1.29 is 30.9 Å². The van der Waals surface area contributed by atoms with E-state index in [1.54, 1.807) is 12.1 Å². The van der Waals surface area contributed by atoms with Crippen LogP contribution in [0, 0.1) is 5.41 Å². The molecule has 2 aliphatic rings. The Labute approximate surface area is 339 Å². The average molecular weight is 845 g/mol. The maximum Gasteiger partial charge on any atom is 0.501 e. The lowest BCUT2D eigenvalue weighted by Crippen LogP contribution is -2.47. The number of amides is 1. The molecule has 1 unspecified atom stereocenters. The number of rotatable bonds is 13. The van der Waals surface area contributed by atoms with Gasteiger partial charge in [0.25, 0.3) is 15.7 Å². The summed E-state index contributed by atoms with van der Waals surface area (Å²) in [5, 5.41) is 3.49. The van der Waals surface area contributed by atoms with Gasteiger partial charge in [-0.15, -0.1) is 11.8 Å². The first kappa shape index (κ1) is 42.0. The van der Waals surface area contributed by atoms with Crippen LogP contribution in [0.4, 0.5) is 24.5 Å². The highest BCUT2D eigenvalue weighted by molar-refractivity contribution is 7.99. The molecule has 0 radical (unpaired) electrons. The lowest BCUT2D eigenvalue weighted by atomic mass is 9.73. The molecule has 4 aromatic carbocycles. The van der Waals surface area contributed by atoms with Gasteiger partial charge in [0.1, 0.15) is 16.3 Å². The Morgan fingerprint density at radius 3 is 2.29 bits per heavy atom. The summed E-state index contributed by atoms with van der Waals surface area (Å²) in [6, 6.07) is 27.3. The van der Waals surface area contributed by atoms with Gasteiger partial charge in [0, 0.05) is 72.3 Å². The zero-order chi connectivity index (χ0) is 40.1. The number of nitrogens with zero attached hydrogens (tertiary/aromatic N) is 2. The topological polar surface area (TPSA) is 105 Å². The molecular weight excluding hydrogens is 801 g/mol. The molecule has 1 atom stereocenters. The molecule has 4 aromatic rings. The first-order chi connectivity index (χ1) is 26.6. The van der Waals surface area contributed by atoms with Crippen molar-refractivity contribution >= 4 is 67.4 Å². The van der Waals surface area contributed by atoms with Crippen LogP contribution in [-0.4, -0.2) is 74.3 Å². The van der Waals surface area contributed by atoms with Gasteiger partial charge < -0.3 is 14.8 Å². The summed E-state index contributed by atoms with van der Waals surface area (Å²) in [6.45, 7) is 9.05. The predicted molar refractivity (Wildman–Crippen MR) is 220 cm³/mol. The largest absolute Gasteiger partial charge is 0.588 e. The van der Waals surface area contributed by atoms with Crippen molar-refractivity contribution in [1.29, 1.82) is 0 Å². The molecule has 1 aliphatic heterocycles. The number of allylic oxidation sites excluding steroid dienone is 1. The number of sulfone groups is 1. The Balaban J connectivity index is 1.06. The zero-order valence-corrected chi connectivity index (χ0v) is 34.3. The summed E-state index contributed by atoms with van der Waals surface area (Å²) in [5.41, 5.74) is -0.375. The summed E-state index contributed by atoms with van der Waals surface area (Å²) in [6.07, 6.45) is 3.22.